The van der Waals surface area contributed by atoms with Crippen molar-refractivity contribution in [2.45, 2.75) is 26.0 Å². The van der Waals surface area contributed by atoms with Gasteiger partial charge in [-0.3, -0.25) is 0 Å². The number of fused-ring (bicyclic) bond motifs is 1. The number of rotatable bonds is 4. The lowest BCUT2D eigenvalue weighted by atomic mass is 10.0. The molecule has 110 valence electrons. The first kappa shape index (κ1) is 14.4. The molecule has 22 heavy (non-hydrogen) atoms. The third-order valence-electron chi connectivity index (χ3n) is 3.97. The number of aliphatic hydroxyl groups excluding tert-OH is 1. The van der Waals surface area contributed by atoms with Crippen molar-refractivity contribution in [1.82, 2.24) is 4.57 Å². The van der Waals surface area contributed by atoms with Gasteiger partial charge in [0.1, 0.15) is 0 Å². The summed E-state index contributed by atoms with van der Waals surface area (Å²) in [6.45, 7) is 2.83. The second-order valence-electron chi connectivity index (χ2n) is 5.61. The van der Waals surface area contributed by atoms with Gasteiger partial charge in [0.15, 0.2) is 0 Å². The van der Waals surface area contributed by atoms with E-state index in [-0.39, 0.29) is 0 Å². The predicted molar refractivity (Wildman–Crippen MR) is 87.4 cm³/mol. The van der Waals surface area contributed by atoms with Crippen LogP contribution in [-0.2, 0) is 6.54 Å². The van der Waals surface area contributed by atoms with E-state index in [1.165, 1.54) is 16.5 Å². The van der Waals surface area contributed by atoms with Gasteiger partial charge in [-0.2, -0.15) is 5.26 Å². The van der Waals surface area contributed by atoms with Crippen molar-refractivity contribution in [2.75, 3.05) is 0 Å². The zero-order valence-electron chi connectivity index (χ0n) is 12.5. The largest absolute Gasteiger partial charge is 0.388 e. The summed E-state index contributed by atoms with van der Waals surface area (Å²) in [5.74, 6) is 0. The lowest BCUT2D eigenvalue weighted by Gasteiger charge is -2.12. The van der Waals surface area contributed by atoms with Gasteiger partial charge in [-0.05, 0) is 54.6 Å². The normalized spacial score (nSPS) is 12.2. The molecule has 3 heteroatoms. The molecule has 0 bridgehead atoms. The molecular formula is C19H18N2O. The minimum Gasteiger partial charge on any atom is -0.388 e. The number of benzene rings is 2. The molecule has 1 heterocycles. The predicted octanol–water partition coefficient (Wildman–Crippen LogP) is 3.95. The second kappa shape index (κ2) is 6.05. The highest BCUT2D eigenvalue weighted by Gasteiger charge is 2.09. The van der Waals surface area contributed by atoms with Gasteiger partial charge in [0.2, 0.25) is 0 Å². The maximum atomic E-state index is 10.3. The summed E-state index contributed by atoms with van der Waals surface area (Å²) in [6, 6.07) is 17.8. The third-order valence-corrected chi connectivity index (χ3v) is 3.97. The van der Waals surface area contributed by atoms with Gasteiger partial charge in [-0.25, -0.2) is 0 Å². The van der Waals surface area contributed by atoms with Crippen molar-refractivity contribution < 1.29 is 5.11 Å². The summed E-state index contributed by atoms with van der Waals surface area (Å²) < 4.78 is 2.16. The van der Waals surface area contributed by atoms with Gasteiger partial charge < -0.3 is 9.67 Å². The van der Waals surface area contributed by atoms with Crippen LogP contribution >= 0.6 is 0 Å². The minimum absolute atomic E-state index is 0.559. The van der Waals surface area contributed by atoms with Crippen LogP contribution < -0.4 is 0 Å². The minimum atomic E-state index is -0.559. The molecule has 0 saturated carbocycles. The van der Waals surface area contributed by atoms with Crippen LogP contribution in [0, 0.1) is 18.3 Å². The molecule has 1 aromatic heterocycles. The fourth-order valence-electron chi connectivity index (χ4n) is 2.76. The quantitative estimate of drug-likeness (QED) is 0.791. The summed E-state index contributed by atoms with van der Waals surface area (Å²) in [5.41, 5.74) is 3.81. The van der Waals surface area contributed by atoms with Gasteiger partial charge in [-0.15, -0.1) is 0 Å². The maximum Gasteiger partial charge on any atom is 0.0991 e. The van der Waals surface area contributed by atoms with E-state index in [2.05, 4.69) is 48.0 Å². The zero-order valence-corrected chi connectivity index (χ0v) is 12.5. The lowest BCUT2D eigenvalue weighted by Crippen LogP contribution is -2.04. The molecule has 0 aliphatic carbocycles. The van der Waals surface area contributed by atoms with E-state index < -0.39 is 6.10 Å². The Bertz CT molecular complexity index is 842. The summed E-state index contributed by atoms with van der Waals surface area (Å²) in [6.07, 6.45) is 2.12. The van der Waals surface area contributed by atoms with Gasteiger partial charge in [0, 0.05) is 18.3 Å². The molecule has 2 aromatic carbocycles. The number of aliphatic hydroxyl groups is 1. The van der Waals surface area contributed by atoms with Crippen molar-refractivity contribution in [3.05, 3.63) is 71.4 Å². The SMILES string of the molecule is Cc1ccc2c(ccn2CCC(O)c2cccc(C#N)c2)c1. The molecule has 3 rings (SSSR count). The molecule has 0 saturated heterocycles. The Labute approximate surface area is 130 Å². The van der Waals surface area contributed by atoms with Crippen molar-refractivity contribution in [3.63, 3.8) is 0 Å². The molecule has 3 nitrogen and oxygen atoms in total. The van der Waals surface area contributed by atoms with E-state index in [1.54, 1.807) is 12.1 Å². The number of hydrogen-bond acceptors (Lipinski definition) is 2. The molecule has 0 fully saturated rings. The average molecular weight is 290 g/mol. The van der Waals surface area contributed by atoms with Crippen LogP contribution in [0.3, 0.4) is 0 Å². The van der Waals surface area contributed by atoms with Crippen LogP contribution in [0.5, 0.6) is 0 Å². The molecule has 3 aromatic rings. The molecule has 1 atom stereocenters. The standard InChI is InChI=1S/C19H18N2O/c1-14-5-6-18-16(11-14)7-9-21(18)10-8-19(22)17-4-2-3-15(12-17)13-20/h2-7,9,11-12,19,22H,8,10H2,1H3. The fraction of sp³-hybridized carbons (Fsp3) is 0.211. The summed E-state index contributed by atoms with van der Waals surface area (Å²) in [7, 11) is 0. The van der Waals surface area contributed by atoms with Gasteiger partial charge in [0.05, 0.1) is 17.7 Å². The molecule has 0 amide bonds. The number of aryl methyl sites for hydroxylation is 2. The molecule has 0 aliphatic rings. The highest BCUT2D eigenvalue weighted by Crippen LogP contribution is 2.22. The van der Waals surface area contributed by atoms with Crippen molar-refractivity contribution >= 4 is 10.9 Å². The van der Waals surface area contributed by atoms with Crippen LogP contribution in [0.15, 0.2) is 54.7 Å². The van der Waals surface area contributed by atoms with E-state index in [0.29, 0.717) is 12.0 Å². The third kappa shape index (κ3) is 2.88. The molecular weight excluding hydrogens is 272 g/mol. The number of hydrogen-bond donors (Lipinski definition) is 1. The first-order valence-corrected chi connectivity index (χ1v) is 7.41. The Kier molecular flexibility index (Phi) is 3.95. The van der Waals surface area contributed by atoms with Gasteiger partial charge in [-0.1, -0.05) is 23.8 Å². The molecule has 0 spiro atoms. The van der Waals surface area contributed by atoms with Crippen LogP contribution in [0.25, 0.3) is 10.9 Å². The average Bonchev–Trinajstić information content (AvgIpc) is 2.94. The van der Waals surface area contributed by atoms with Gasteiger partial charge in [0.25, 0.3) is 0 Å². The Morgan fingerprint density at radius 1 is 1.18 bits per heavy atom. The first-order chi connectivity index (χ1) is 10.7. The highest BCUT2D eigenvalue weighted by atomic mass is 16.3. The highest BCUT2D eigenvalue weighted by molar-refractivity contribution is 5.80. The number of nitriles is 1. The number of nitrogens with zero attached hydrogens (tertiary/aromatic N) is 2. The van der Waals surface area contributed by atoms with E-state index in [4.69, 9.17) is 5.26 Å². The zero-order chi connectivity index (χ0) is 15.5. The second-order valence-corrected chi connectivity index (χ2v) is 5.61. The maximum absolute atomic E-state index is 10.3. The summed E-state index contributed by atoms with van der Waals surface area (Å²) in [4.78, 5) is 0. The first-order valence-electron chi connectivity index (χ1n) is 7.41. The topological polar surface area (TPSA) is 49.0 Å². The Morgan fingerprint density at radius 2 is 2.05 bits per heavy atom. The monoisotopic (exact) mass is 290 g/mol. The molecule has 0 radical (unpaired) electrons. The van der Waals surface area contributed by atoms with Crippen molar-refractivity contribution in [3.8, 4) is 6.07 Å². The van der Waals surface area contributed by atoms with E-state index >= 15 is 0 Å². The van der Waals surface area contributed by atoms with E-state index in [9.17, 15) is 5.11 Å². The Morgan fingerprint density at radius 3 is 2.86 bits per heavy atom. The van der Waals surface area contributed by atoms with Crippen LogP contribution in [-0.4, -0.2) is 9.67 Å². The van der Waals surface area contributed by atoms with Crippen molar-refractivity contribution in [1.29, 1.82) is 5.26 Å². The van der Waals surface area contributed by atoms with E-state index in [0.717, 1.165) is 12.1 Å². The molecule has 1 unspecified atom stereocenters. The van der Waals surface area contributed by atoms with Crippen molar-refractivity contribution in [2.24, 2.45) is 0 Å². The Hall–Kier alpha value is -2.57. The number of aromatic nitrogens is 1. The Balaban J connectivity index is 1.74. The smallest absolute Gasteiger partial charge is 0.0991 e. The fourth-order valence-corrected chi connectivity index (χ4v) is 2.76. The van der Waals surface area contributed by atoms with E-state index in [1.807, 2.05) is 12.1 Å². The molecule has 0 aliphatic heterocycles. The van der Waals surface area contributed by atoms with Crippen LogP contribution in [0.4, 0.5) is 0 Å². The lowest BCUT2D eigenvalue weighted by molar-refractivity contribution is 0.161. The van der Waals surface area contributed by atoms with Gasteiger partial charge >= 0.3 is 0 Å². The van der Waals surface area contributed by atoms with Crippen LogP contribution in [0.2, 0.25) is 0 Å². The summed E-state index contributed by atoms with van der Waals surface area (Å²) >= 11 is 0. The molecule has 1 N–H and O–H groups in total. The summed E-state index contributed by atoms with van der Waals surface area (Å²) in [5, 5.41) is 20.5. The van der Waals surface area contributed by atoms with Crippen LogP contribution in [0.1, 0.15) is 29.2 Å².